The SMILES string of the molecule is CCOC(=O)C1=C(C)NC(=S)N[C@H]1c1ccccc1OCC(=O)NN=Cc1cc(Br)c(OCC)c(I)c1. The number of hydrogen-bond donors (Lipinski definition) is 3. The molecule has 3 N–H and O–H groups in total. The van der Waals surface area contributed by atoms with Gasteiger partial charge in [-0.25, -0.2) is 10.2 Å². The Morgan fingerprint density at radius 2 is 1.97 bits per heavy atom. The number of hydrogen-bond acceptors (Lipinski definition) is 7. The van der Waals surface area contributed by atoms with E-state index >= 15 is 0 Å². The van der Waals surface area contributed by atoms with Gasteiger partial charge in [0, 0.05) is 11.3 Å². The monoisotopic (exact) mass is 700 g/mol. The van der Waals surface area contributed by atoms with Crippen molar-refractivity contribution < 1.29 is 23.8 Å². The first kappa shape index (κ1) is 28.9. The van der Waals surface area contributed by atoms with E-state index < -0.39 is 17.9 Å². The molecule has 0 aliphatic carbocycles. The minimum atomic E-state index is -0.606. The molecule has 0 saturated carbocycles. The van der Waals surface area contributed by atoms with Crippen LogP contribution in [0.1, 0.15) is 37.9 Å². The molecule has 2 aromatic carbocycles. The van der Waals surface area contributed by atoms with Crippen LogP contribution in [-0.2, 0) is 14.3 Å². The largest absolute Gasteiger partial charge is 0.492 e. The molecule has 0 fully saturated rings. The molecule has 1 aliphatic heterocycles. The molecule has 0 bridgehead atoms. The molecule has 0 saturated heterocycles. The average Bonchev–Trinajstić information content (AvgIpc) is 2.85. The van der Waals surface area contributed by atoms with Gasteiger partial charge in [-0.2, -0.15) is 5.10 Å². The Bertz CT molecular complexity index is 1230. The van der Waals surface area contributed by atoms with E-state index in [0.29, 0.717) is 34.3 Å². The highest BCUT2D eigenvalue weighted by Crippen LogP contribution is 2.34. The third kappa shape index (κ3) is 7.65. The zero-order valence-electron chi connectivity index (χ0n) is 20.4. The average molecular weight is 701 g/mol. The van der Waals surface area contributed by atoms with Crippen molar-refractivity contribution in [2.24, 2.45) is 5.10 Å². The smallest absolute Gasteiger partial charge is 0.338 e. The minimum absolute atomic E-state index is 0.235. The third-order valence-corrected chi connectivity index (χ3v) is 6.68. The number of amides is 1. The number of ether oxygens (including phenoxy) is 3. The van der Waals surface area contributed by atoms with Crippen LogP contribution in [0.15, 0.2) is 57.2 Å². The summed E-state index contributed by atoms with van der Waals surface area (Å²) in [5, 5.41) is 10.4. The van der Waals surface area contributed by atoms with Gasteiger partial charge in [-0.15, -0.1) is 0 Å². The molecule has 37 heavy (non-hydrogen) atoms. The van der Waals surface area contributed by atoms with Gasteiger partial charge in [0.05, 0.1) is 39.1 Å². The van der Waals surface area contributed by atoms with Crippen molar-refractivity contribution in [1.29, 1.82) is 0 Å². The molecule has 0 radical (unpaired) electrons. The van der Waals surface area contributed by atoms with Crippen LogP contribution < -0.4 is 25.5 Å². The number of allylic oxidation sites excluding steroid dienone is 1. The van der Waals surface area contributed by atoms with Gasteiger partial charge >= 0.3 is 5.97 Å². The Balaban J connectivity index is 1.69. The summed E-state index contributed by atoms with van der Waals surface area (Å²) in [4.78, 5) is 25.1. The Morgan fingerprint density at radius 1 is 1.22 bits per heavy atom. The second kappa shape index (κ2) is 13.7. The van der Waals surface area contributed by atoms with Crippen molar-refractivity contribution in [3.8, 4) is 11.5 Å². The van der Waals surface area contributed by atoms with E-state index in [4.69, 9.17) is 26.4 Å². The predicted octanol–water partition coefficient (Wildman–Crippen LogP) is 4.34. The van der Waals surface area contributed by atoms with Gasteiger partial charge in [0.25, 0.3) is 5.91 Å². The van der Waals surface area contributed by atoms with Crippen molar-refractivity contribution in [1.82, 2.24) is 16.1 Å². The van der Waals surface area contributed by atoms with Crippen molar-refractivity contribution in [3.05, 3.63) is 66.8 Å². The number of thiocarbonyl (C=S) groups is 1. The Morgan fingerprint density at radius 3 is 2.68 bits per heavy atom. The fourth-order valence-corrected chi connectivity index (χ4v) is 5.59. The number of rotatable bonds is 10. The van der Waals surface area contributed by atoms with Gasteiger partial charge in [-0.3, -0.25) is 4.79 Å². The number of benzene rings is 2. The van der Waals surface area contributed by atoms with Crippen molar-refractivity contribution in [2.75, 3.05) is 19.8 Å². The van der Waals surface area contributed by atoms with Gasteiger partial charge in [-0.1, -0.05) is 18.2 Å². The van der Waals surface area contributed by atoms with E-state index in [1.54, 1.807) is 32.0 Å². The van der Waals surface area contributed by atoms with Gasteiger partial charge in [0.1, 0.15) is 11.5 Å². The summed E-state index contributed by atoms with van der Waals surface area (Å²) < 4.78 is 18.4. The summed E-state index contributed by atoms with van der Waals surface area (Å²) in [7, 11) is 0. The maximum atomic E-state index is 12.7. The highest BCUT2D eigenvalue weighted by Gasteiger charge is 2.32. The molecule has 1 amide bonds. The highest BCUT2D eigenvalue weighted by molar-refractivity contribution is 14.1. The molecule has 0 aromatic heterocycles. The van der Waals surface area contributed by atoms with Crippen molar-refractivity contribution in [2.45, 2.75) is 26.8 Å². The number of carbonyl (C=O) groups excluding carboxylic acids is 2. The maximum absolute atomic E-state index is 12.7. The standard InChI is InChI=1S/C25H26BrIN4O5S/c1-4-34-23-17(26)10-15(11-18(23)27)12-28-31-20(32)13-36-19-9-7-6-8-16(19)22-21(24(33)35-5-2)14(3)29-25(37)30-22/h6-12,22H,4-5,13H2,1-3H3,(H,31,32)(H2,29,30,37)/t22-/m0/s1. The number of nitrogens with zero attached hydrogens (tertiary/aromatic N) is 1. The van der Waals surface area contributed by atoms with Crippen molar-refractivity contribution in [3.63, 3.8) is 0 Å². The van der Waals surface area contributed by atoms with Gasteiger partial charge < -0.3 is 24.8 Å². The minimum Gasteiger partial charge on any atom is -0.492 e. The lowest BCUT2D eigenvalue weighted by Crippen LogP contribution is -2.45. The molecule has 3 rings (SSSR count). The van der Waals surface area contributed by atoms with Crippen LogP contribution in [-0.4, -0.2) is 43.0 Å². The topological polar surface area (TPSA) is 110 Å². The Kier molecular flexibility index (Phi) is 10.7. The predicted molar refractivity (Wildman–Crippen MR) is 157 cm³/mol. The Hall–Kier alpha value is -2.71. The number of esters is 1. The van der Waals surface area contributed by atoms with Crippen LogP contribution in [0.4, 0.5) is 0 Å². The van der Waals surface area contributed by atoms with E-state index in [0.717, 1.165) is 19.4 Å². The summed E-state index contributed by atoms with van der Waals surface area (Å²) in [6.45, 7) is 5.92. The molecule has 196 valence electrons. The number of para-hydroxylation sites is 1. The number of nitrogens with one attached hydrogen (secondary N) is 3. The molecule has 1 heterocycles. The van der Waals surface area contributed by atoms with Crippen LogP contribution in [0.25, 0.3) is 0 Å². The van der Waals surface area contributed by atoms with E-state index in [9.17, 15) is 9.59 Å². The van der Waals surface area contributed by atoms with Gasteiger partial charge in [-0.05, 0) is 95.3 Å². The molecule has 1 atom stereocenters. The molecule has 9 nitrogen and oxygen atoms in total. The van der Waals surface area contributed by atoms with E-state index in [1.165, 1.54) is 6.21 Å². The van der Waals surface area contributed by atoms with E-state index in [-0.39, 0.29) is 13.2 Å². The van der Waals surface area contributed by atoms with Crippen LogP contribution in [0.2, 0.25) is 0 Å². The van der Waals surface area contributed by atoms with Gasteiger partial charge in [0.2, 0.25) is 0 Å². The quantitative estimate of drug-likeness (QED) is 0.111. The summed E-state index contributed by atoms with van der Waals surface area (Å²) in [6.07, 6.45) is 1.54. The summed E-state index contributed by atoms with van der Waals surface area (Å²) in [6, 6.07) is 10.2. The molecule has 2 aromatic rings. The number of halogens is 2. The molecule has 1 aliphatic rings. The number of carbonyl (C=O) groups is 2. The molecular formula is C25H26BrIN4O5S. The zero-order valence-corrected chi connectivity index (χ0v) is 25.0. The highest BCUT2D eigenvalue weighted by atomic mass is 127. The van der Waals surface area contributed by atoms with Crippen molar-refractivity contribution >= 4 is 73.9 Å². The fraction of sp³-hybridized carbons (Fsp3) is 0.280. The second-order valence-corrected chi connectivity index (χ2v) is 10.1. The lowest BCUT2D eigenvalue weighted by atomic mass is 9.95. The summed E-state index contributed by atoms with van der Waals surface area (Å²) in [5.41, 5.74) is 4.86. The summed E-state index contributed by atoms with van der Waals surface area (Å²) in [5.74, 6) is 0.266. The third-order valence-electron chi connectivity index (χ3n) is 5.07. The molecule has 0 unspecified atom stereocenters. The Labute approximate surface area is 242 Å². The van der Waals surface area contributed by atoms with E-state index in [2.05, 4.69) is 59.7 Å². The van der Waals surface area contributed by atoms with Crippen LogP contribution in [0, 0.1) is 3.57 Å². The lowest BCUT2D eigenvalue weighted by molar-refractivity contribution is -0.139. The lowest BCUT2D eigenvalue weighted by Gasteiger charge is -2.30. The van der Waals surface area contributed by atoms with Crippen LogP contribution in [0.3, 0.4) is 0 Å². The first-order valence-electron chi connectivity index (χ1n) is 11.4. The fourth-order valence-electron chi connectivity index (χ4n) is 3.55. The maximum Gasteiger partial charge on any atom is 0.338 e. The van der Waals surface area contributed by atoms with Gasteiger partial charge in [0.15, 0.2) is 11.7 Å². The second-order valence-electron chi connectivity index (χ2n) is 7.66. The summed E-state index contributed by atoms with van der Waals surface area (Å²) >= 11 is 11.0. The number of hydrazone groups is 1. The molecule has 0 spiro atoms. The van der Waals surface area contributed by atoms with Crippen LogP contribution in [0.5, 0.6) is 11.5 Å². The van der Waals surface area contributed by atoms with E-state index in [1.807, 2.05) is 25.1 Å². The normalized spacial score (nSPS) is 15.2. The first-order valence-corrected chi connectivity index (χ1v) is 13.6. The molecule has 12 heteroatoms. The zero-order chi connectivity index (χ0) is 26.9. The van der Waals surface area contributed by atoms with Crippen LogP contribution >= 0.6 is 50.7 Å². The molecular weight excluding hydrogens is 675 g/mol. The first-order chi connectivity index (χ1) is 17.7.